The van der Waals surface area contributed by atoms with Gasteiger partial charge in [0.1, 0.15) is 0 Å². The summed E-state index contributed by atoms with van der Waals surface area (Å²) in [5, 5.41) is 23.3. The molecule has 3 N–H and O–H groups in total. The van der Waals surface area contributed by atoms with E-state index in [1.54, 1.807) is 0 Å². The highest BCUT2D eigenvalue weighted by atomic mass is 16.5. The Morgan fingerprint density at radius 1 is 0.424 bits per heavy atom. The molecule has 2 atom stereocenters. The predicted octanol–water partition coefficient (Wildman–Crippen LogP) is 18.2. The van der Waals surface area contributed by atoms with E-state index in [9.17, 15) is 19.8 Å². The van der Waals surface area contributed by atoms with Gasteiger partial charge in [0, 0.05) is 12.8 Å². The van der Waals surface area contributed by atoms with Gasteiger partial charge in [-0.1, -0.05) is 276 Å². The molecule has 0 heterocycles. The molecule has 0 aromatic rings. The topological polar surface area (TPSA) is 95.9 Å². The van der Waals surface area contributed by atoms with Gasteiger partial charge in [-0.2, -0.15) is 0 Å². The number of hydrogen-bond donors (Lipinski definition) is 3. The summed E-state index contributed by atoms with van der Waals surface area (Å²) >= 11 is 0. The molecule has 0 aromatic carbocycles. The van der Waals surface area contributed by atoms with Gasteiger partial charge in [0.15, 0.2) is 0 Å². The standard InChI is InChI=1S/C60H115NO5/c1-3-5-7-9-11-13-15-17-24-28-32-36-40-44-48-52-58(63)57(56-62)61-59(64)53-49-45-41-37-33-29-26-22-20-19-21-23-27-31-35-39-43-47-51-55-66-60(65)54-50-46-42-38-34-30-25-18-16-14-12-10-8-6-4-2/h12,14,18,25,57-58,62-63H,3-11,13,15-17,19-24,26-56H2,1-2H3,(H,61,64)/b14-12-,25-18-. The quantitative estimate of drug-likeness (QED) is 0.0321. The number of nitrogens with one attached hydrogen (secondary N) is 1. The Labute approximate surface area is 411 Å². The normalized spacial score (nSPS) is 12.7. The van der Waals surface area contributed by atoms with Crippen LogP contribution >= 0.6 is 0 Å². The summed E-state index contributed by atoms with van der Waals surface area (Å²) in [6.07, 6.45) is 67.4. The SMILES string of the molecule is CCCCC/C=C\C/C=C\CCCCCCCC(=O)OCCCCCCCCCCCCCCCCCCCCCC(=O)NC(CO)C(O)CCCCCCCCCCCCCCCCC. The van der Waals surface area contributed by atoms with Crippen LogP contribution in [0.25, 0.3) is 0 Å². The number of aliphatic hydroxyl groups excluding tert-OH is 2. The monoisotopic (exact) mass is 930 g/mol. The Morgan fingerprint density at radius 3 is 1.18 bits per heavy atom. The molecule has 0 radical (unpaired) electrons. The van der Waals surface area contributed by atoms with Crippen molar-refractivity contribution in [3.05, 3.63) is 24.3 Å². The van der Waals surface area contributed by atoms with Gasteiger partial charge in [0.05, 0.1) is 25.4 Å². The van der Waals surface area contributed by atoms with Crippen LogP contribution in [0.1, 0.15) is 322 Å². The number of aliphatic hydroxyl groups is 2. The van der Waals surface area contributed by atoms with Crippen molar-refractivity contribution in [3.63, 3.8) is 0 Å². The number of ether oxygens (including phenoxy) is 1. The van der Waals surface area contributed by atoms with Crippen LogP contribution in [0.5, 0.6) is 0 Å². The first-order valence-corrected chi connectivity index (χ1v) is 29.6. The second-order valence-corrected chi connectivity index (χ2v) is 20.3. The molecule has 6 heteroatoms. The molecule has 0 spiro atoms. The van der Waals surface area contributed by atoms with Crippen molar-refractivity contribution in [3.8, 4) is 0 Å². The van der Waals surface area contributed by atoms with E-state index in [1.807, 2.05) is 0 Å². The molecule has 1 amide bonds. The van der Waals surface area contributed by atoms with Gasteiger partial charge in [0.2, 0.25) is 5.91 Å². The number of carbonyl (C=O) groups is 2. The van der Waals surface area contributed by atoms with Crippen LogP contribution in [0.2, 0.25) is 0 Å². The third-order valence-corrected chi connectivity index (χ3v) is 13.8. The van der Waals surface area contributed by atoms with Crippen LogP contribution in [-0.2, 0) is 14.3 Å². The van der Waals surface area contributed by atoms with Crippen LogP contribution in [0, 0.1) is 0 Å². The fourth-order valence-electron chi connectivity index (χ4n) is 9.20. The Balaban J connectivity index is 3.40. The van der Waals surface area contributed by atoms with Gasteiger partial charge in [-0.3, -0.25) is 9.59 Å². The average Bonchev–Trinajstić information content (AvgIpc) is 3.32. The molecule has 0 saturated carbocycles. The lowest BCUT2D eigenvalue weighted by Crippen LogP contribution is -2.45. The first-order chi connectivity index (χ1) is 32.5. The molecule has 0 aromatic heterocycles. The van der Waals surface area contributed by atoms with E-state index >= 15 is 0 Å². The molecule has 2 unspecified atom stereocenters. The first-order valence-electron chi connectivity index (χ1n) is 29.6. The number of amides is 1. The highest BCUT2D eigenvalue weighted by Crippen LogP contribution is 2.17. The Kier molecular flexibility index (Phi) is 54.5. The lowest BCUT2D eigenvalue weighted by Gasteiger charge is -2.22. The van der Waals surface area contributed by atoms with E-state index in [4.69, 9.17) is 4.74 Å². The number of allylic oxidation sites excluding steroid dienone is 4. The number of carbonyl (C=O) groups excluding carboxylic acids is 2. The zero-order chi connectivity index (χ0) is 47.9. The number of unbranched alkanes of at least 4 members (excludes halogenated alkanes) is 40. The van der Waals surface area contributed by atoms with E-state index in [1.165, 1.54) is 238 Å². The van der Waals surface area contributed by atoms with E-state index < -0.39 is 12.1 Å². The maximum absolute atomic E-state index is 12.5. The third-order valence-electron chi connectivity index (χ3n) is 13.8. The van der Waals surface area contributed by atoms with Crippen molar-refractivity contribution < 1.29 is 24.5 Å². The van der Waals surface area contributed by atoms with Crippen molar-refractivity contribution in [2.75, 3.05) is 13.2 Å². The van der Waals surface area contributed by atoms with Gasteiger partial charge in [0.25, 0.3) is 0 Å². The molecule has 66 heavy (non-hydrogen) atoms. The smallest absolute Gasteiger partial charge is 0.305 e. The minimum atomic E-state index is -0.666. The Hall–Kier alpha value is -1.66. The summed E-state index contributed by atoms with van der Waals surface area (Å²) in [6, 6.07) is -0.543. The predicted molar refractivity (Wildman–Crippen MR) is 287 cm³/mol. The fraction of sp³-hybridized carbons (Fsp3) is 0.900. The minimum Gasteiger partial charge on any atom is -0.466 e. The summed E-state index contributed by atoms with van der Waals surface area (Å²) in [5.74, 6) is -0.0412. The van der Waals surface area contributed by atoms with E-state index in [-0.39, 0.29) is 18.5 Å². The molecular weight excluding hydrogens is 815 g/mol. The number of esters is 1. The number of hydrogen-bond acceptors (Lipinski definition) is 5. The Bertz CT molecular complexity index is 1030. The van der Waals surface area contributed by atoms with Crippen molar-refractivity contribution in [1.82, 2.24) is 5.32 Å². The zero-order valence-corrected chi connectivity index (χ0v) is 44.4. The molecule has 6 nitrogen and oxygen atoms in total. The average molecular weight is 931 g/mol. The second kappa shape index (κ2) is 55.9. The summed E-state index contributed by atoms with van der Waals surface area (Å²) < 4.78 is 5.47. The molecule has 0 aliphatic heterocycles. The van der Waals surface area contributed by atoms with E-state index in [0.29, 0.717) is 25.9 Å². The van der Waals surface area contributed by atoms with Crippen molar-refractivity contribution in [2.45, 2.75) is 334 Å². The van der Waals surface area contributed by atoms with Gasteiger partial charge in [-0.25, -0.2) is 0 Å². The molecule has 0 aliphatic rings. The molecule has 0 saturated heterocycles. The third kappa shape index (κ3) is 51.7. The molecule has 0 aliphatic carbocycles. The molecule has 0 rings (SSSR count). The van der Waals surface area contributed by atoms with Gasteiger partial charge >= 0.3 is 5.97 Å². The van der Waals surface area contributed by atoms with E-state index in [0.717, 1.165) is 51.4 Å². The van der Waals surface area contributed by atoms with Crippen molar-refractivity contribution in [2.24, 2.45) is 0 Å². The van der Waals surface area contributed by atoms with Gasteiger partial charge in [-0.15, -0.1) is 0 Å². The highest BCUT2D eigenvalue weighted by molar-refractivity contribution is 5.76. The second-order valence-electron chi connectivity index (χ2n) is 20.3. The number of rotatable bonds is 55. The molecular formula is C60H115NO5. The zero-order valence-electron chi connectivity index (χ0n) is 44.4. The van der Waals surface area contributed by atoms with Gasteiger partial charge < -0.3 is 20.3 Å². The fourth-order valence-corrected chi connectivity index (χ4v) is 9.20. The Morgan fingerprint density at radius 2 is 0.758 bits per heavy atom. The van der Waals surface area contributed by atoms with Crippen LogP contribution in [-0.4, -0.2) is 47.4 Å². The van der Waals surface area contributed by atoms with Crippen LogP contribution < -0.4 is 5.32 Å². The molecule has 0 bridgehead atoms. The van der Waals surface area contributed by atoms with Crippen LogP contribution in [0.15, 0.2) is 24.3 Å². The summed E-state index contributed by atoms with van der Waals surface area (Å²) in [6.45, 7) is 4.93. The largest absolute Gasteiger partial charge is 0.466 e. The van der Waals surface area contributed by atoms with Crippen LogP contribution in [0.3, 0.4) is 0 Å². The lowest BCUT2D eigenvalue weighted by atomic mass is 10.0. The van der Waals surface area contributed by atoms with E-state index in [2.05, 4.69) is 43.5 Å². The van der Waals surface area contributed by atoms with Crippen LogP contribution in [0.4, 0.5) is 0 Å². The molecule has 0 fully saturated rings. The molecule has 390 valence electrons. The first kappa shape index (κ1) is 64.3. The summed E-state index contributed by atoms with van der Waals surface area (Å²) in [4.78, 5) is 24.5. The lowest BCUT2D eigenvalue weighted by molar-refractivity contribution is -0.143. The maximum atomic E-state index is 12.5. The summed E-state index contributed by atoms with van der Waals surface area (Å²) in [7, 11) is 0. The van der Waals surface area contributed by atoms with Crippen molar-refractivity contribution in [1.29, 1.82) is 0 Å². The van der Waals surface area contributed by atoms with Gasteiger partial charge in [-0.05, 0) is 57.8 Å². The maximum Gasteiger partial charge on any atom is 0.305 e. The highest BCUT2D eigenvalue weighted by Gasteiger charge is 2.20. The minimum absolute atomic E-state index is 0.00462. The van der Waals surface area contributed by atoms with Crippen molar-refractivity contribution >= 4 is 11.9 Å². The summed E-state index contributed by atoms with van der Waals surface area (Å²) in [5.41, 5.74) is 0.